The predicted molar refractivity (Wildman–Crippen MR) is 92.8 cm³/mol. The van der Waals surface area contributed by atoms with Gasteiger partial charge in [0.15, 0.2) is 0 Å². The zero-order chi connectivity index (χ0) is 14.8. The molecule has 1 aromatic heterocycles. The summed E-state index contributed by atoms with van der Waals surface area (Å²) < 4.78 is 6.97. The Morgan fingerprint density at radius 1 is 1.43 bits per heavy atom. The Kier molecular flexibility index (Phi) is 4.89. The van der Waals surface area contributed by atoms with Gasteiger partial charge >= 0.3 is 0 Å². The Morgan fingerprint density at radius 3 is 3.00 bits per heavy atom. The SMILES string of the molecule is CCNC(Cc1cc(Cl)cc2c1OCC2)c1csc(Br)c1. The van der Waals surface area contributed by atoms with E-state index in [4.69, 9.17) is 16.3 Å². The fourth-order valence-corrected chi connectivity index (χ4v) is 4.27. The molecule has 1 N–H and O–H groups in total. The number of thiophene rings is 1. The van der Waals surface area contributed by atoms with Crippen molar-refractivity contribution in [3.63, 3.8) is 0 Å². The first-order valence-corrected chi connectivity index (χ1v) is 9.14. The molecule has 2 aromatic rings. The molecule has 1 atom stereocenters. The van der Waals surface area contributed by atoms with Crippen LogP contribution in [0.15, 0.2) is 27.4 Å². The van der Waals surface area contributed by atoms with Crippen LogP contribution in [-0.2, 0) is 12.8 Å². The van der Waals surface area contributed by atoms with Gasteiger partial charge in [-0.25, -0.2) is 0 Å². The van der Waals surface area contributed by atoms with E-state index in [0.717, 1.165) is 40.6 Å². The Balaban J connectivity index is 1.90. The van der Waals surface area contributed by atoms with Crippen molar-refractivity contribution >= 4 is 38.9 Å². The van der Waals surface area contributed by atoms with E-state index in [1.807, 2.05) is 12.1 Å². The lowest BCUT2D eigenvalue weighted by molar-refractivity contribution is 0.351. The average molecular weight is 387 g/mol. The van der Waals surface area contributed by atoms with Crippen molar-refractivity contribution in [1.29, 1.82) is 0 Å². The number of nitrogens with one attached hydrogen (secondary N) is 1. The lowest BCUT2D eigenvalue weighted by atomic mass is 9.98. The highest BCUT2D eigenvalue weighted by molar-refractivity contribution is 9.11. The molecule has 2 nitrogen and oxygen atoms in total. The fourth-order valence-electron chi connectivity index (χ4n) is 2.78. The molecule has 1 aliphatic heterocycles. The fraction of sp³-hybridized carbons (Fsp3) is 0.375. The Labute approximate surface area is 142 Å². The molecule has 3 rings (SSSR count). The van der Waals surface area contributed by atoms with E-state index in [1.54, 1.807) is 11.3 Å². The Morgan fingerprint density at radius 2 is 2.29 bits per heavy atom. The monoisotopic (exact) mass is 385 g/mol. The van der Waals surface area contributed by atoms with E-state index in [-0.39, 0.29) is 6.04 Å². The summed E-state index contributed by atoms with van der Waals surface area (Å²) >= 11 is 11.5. The molecule has 0 fully saturated rings. The summed E-state index contributed by atoms with van der Waals surface area (Å²) in [4.78, 5) is 0. The van der Waals surface area contributed by atoms with Crippen LogP contribution in [-0.4, -0.2) is 13.2 Å². The summed E-state index contributed by atoms with van der Waals surface area (Å²) in [5.41, 5.74) is 3.74. The molecule has 21 heavy (non-hydrogen) atoms. The first kappa shape index (κ1) is 15.3. The second kappa shape index (κ2) is 6.69. The van der Waals surface area contributed by atoms with Gasteiger partial charge in [0.2, 0.25) is 0 Å². The highest BCUT2D eigenvalue weighted by Crippen LogP contribution is 2.36. The van der Waals surface area contributed by atoms with Crippen molar-refractivity contribution in [3.05, 3.63) is 49.1 Å². The smallest absolute Gasteiger partial charge is 0.125 e. The summed E-state index contributed by atoms with van der Waals surface area (Å²) in [5, 5.41) is 6.56. The predicted octanol–water partition coefficient (Wildman–Crippen LogP) is 4.99. The molecule has 0 spiro atoms. The highest BCUT2D eigenvalue weighted by Gasteiger charge is 2.21. The lowest BCUT2D eigenvalue weighted by Crippen LogP contribution is -2.22. The molecule has 0 aliphatic carbocycles. The first-order chi connectivity index (χ1) is 10.2. The molecule has 112 valence electrons. The van der Waals surface area contributed by atoms with Crippen LogP contribution in [0, 0.1) is 0 Å². The summed E-state index contributed by atoms with van der Waals surface area (Å²) in [6, 6.07) is 6.53. The first-order valence-electron chi connectivity index (χ1n) is 7.08. The van der Waals surface area contributed by atoms with Gasteiger partial charge in [0.05, 0.1) is 10.4 Å². The summed E-state index contributed by atoms with van der Waals surface area (Å²) in [6.07, 6.45) is 1.85. The van der Waals surface area contributed by atoms with Crippen LogP contribution in [0.5, 0.6) is 5.75 Å². The van der Waals surface area contributed by atoms with Gasteiger partial charge in [-0.3, -0.25) is 0 Å². The van der Waals surface area contributed by atoms with E-state index in [2.05, 4.69) is 39.6 Å². The minimum Gasteiger partial charge on any atom is -0.493 e. The molecule has 1 unspecified atom stereocenters. The number of hydrogen-bond donors (Lipinski definition) is 1. The number of hydrogen-bond acceptors (Lipinski definition) is 3. The van der Waals surface area contributed by atoms with Crippen LogP contribution in [0.25, 0.3) is 0 Å². The van der Waals surface area contributed by atoms with Crippen LogP contribution in [0.3, 0.4) is 0 Å². The molecule has 0 bridgehead atoms. The maximum absolute atomic E-state index is 6.26. The molecular formula is C16H17BrClNOS. The summed E-state index contributed by atoms with van der Waals surface area (Å²) in [6.45, 7) is 3.83. The van der Waals surface area contributed by atoms with Gasteiger partial charge in [-0.1, -0.05) is 18.5 Å². The summed E-state index contributed by atoms with van der Waals surface area (Å²) in [7, 11) is 0. The molecule has 0 saturated carbocycles. The van der Waals surface area contributed by atoms with Crippen molar-refractivity contribution in [2.24, 2.45) is 0 Å². The third kappa shape index (κ3) is 3.45. The molecule has 1 aliphatic rings. The van der Waals surface area contributed by atoms with Gasteiger partial charge in [-0.15, -0.1) is 11.3 Å². The number of likely N-dealkylation sites (N-methyl/N-ethyl adjacent to an activating group) is 1. The van der Waals surface area contributed by atoms with Gasteiger partial charge in [0, 0.05) is 17.5 Å². The van der Waals surface area contributed by atoms with Gasteiger partial charge in [-0.05, 0) is 69.2 Å². The third-order valence-corrected chi connectivity index (χ3v) is 5.43. The number of rotatable bonds is 5. The molecule has 0 saturated heterocycles. The van der Waals surface area contributed by atoms with Crippen molar-refractivity contribution < 1.29 is 4.74 Å². The van der Waals surface area contributed by atoms with Crippen LogP contribution in [0.2, 0.25) is 5.02 Å². The molecular weight excluding hydrogens is 370 g/mol. The zero-order valence-electron chi connectivity index (χ0n) is 11.8. The molecule has 1 aromatic carbocycles. The normalized spacial score (nSPS) is 14.8. The average Bonchev–Trinajstić information content (AvgIpc) is 3.06. The highest BCUT2D eigenvalue weighted by atomic mass is 79.9. The van der Waals surface area contributed by atoms with Crippen LogP contribution >= 0.6 is 38.9 Å². The van der Waals surface area contributed by atoms with E-state index in [9.17, 15) is 0 Å². The standard InChI is InChI=1S/C16H17BrClNOS/c1-2-19-14(12-8-15(17)21-9-12)7-11-6-13(18)5-10-3-4-20-16(10)11/h5-6,8-9,14,19H,2-4,7H2,1H3. The van der Waals surface area contributed by atoms with Gasteiger partial charge in [0.1, 0.15) is 5.75 Å². The summed E-state index contributed by atoms with van der Waals surface area (Å²) in [5.74, 6) is 1.04. The second-order valence-corrected chi connectivity index (χ2v) is 7.88. The van der Waals surface area contributed by atoms with Crippen LogP contribution < -0.4 is 10.1 Å². The Bertz CT molecular complexity index is 643. The number of ether oxygens (including phenoxy) is 1. The lowest BCUT2D eigenvalue weighted by Gasteiger charge is -2.19. The number of halogens is 2. The quantitative estimate of drug-likeness (QED) is 0.781. The van der Waals surface area contributed by atoms with Crippen molar-refractivity contribution in [2.45, 2.75) is 25.8 Å². The van der Waals surface area contributed by atoms with E-state index in [0.29, 0.717) is 0 Å². The van der Waals surface area contributed by atoms with Crippen LogP contribution in [0.4, 0.5) is 0 Å². The Hall–Kier alpha value is -0.550. The second-order valence-electron chi connectivity index (χ2n) is 5.15. The van der Waals surface area contributed by atoms with Gasteiger partial charge < -0.3 is 10.1 Å². The van der Waals surface area contributed by atoms with Crippen LogP contribution in [0.1, 0.15) is 29.7 Å². The van der Waals surface area contributed by atoms with Gasteiger partial charge in [0.25, 0.3) is 0 Å². The molecule has 0 radical (unpaired) electrons. The largest absolute Gasteiger partial charge is 0.493 e. The zero-order valence-corrected chi connectivity index (χ0v) is 14.9. The van der Waals surface area contributed by atoms with Crippen molar-refractivity contribution in [1.82, 2.24) is 5.32 Å². The van der Waals surface area contributed by atoms with E-state index < -0.39 is 0 Å². The maximum atomic E-state index is 6.26. The molecule has 5 heteroatoms. The molecule has 0 amide bonds. The van der Waals surface area contributed by atoms with E-state index in [1.165, 1.54) is 16.7 Å². The van der Waals surface area contributed by atoms with Crippen molar-refractivity contribution in [3.8, 4) is 5.75 Å². The topological polar surface area (TPSA) is 21.3 Å². The number of benzene rings is 1. The third-order valence-electron chi connectivity index (χ3n) is 3.69. The van der Waals surface area contributed by atoms with Crippen molar-refractivity contribution in [2.75, 3.05) is 13.2 Å². The van der Waals surface area contributed by atoms with E-state index >= 15 is 0 Å². The molecule has 2 heterocycles. The maximum Gasteiger partial charge on any atom is 0.125 e. The van der Waals surface area contributed by atoms with Gasteiger partial charge in [-0.2, -0.15) is 0 Å². The minimum atomic E-state index is 0.282. The minimum absolute atomic E-state index is 0.282. The number of fused-ring (bicyclic) bond motifs is 1.